The van der Waals surface area contributed by atoms with Crippen LogP contribution in [0.1, 0.15) is 12.0 Å². The lowest BCUT2D eigenvalue weighted by Gasteiger charge is -2.20. The number of carbonyl (C=O) groups excluding carboxylic acids is 2. The number of benzene rings is 1. The Morgan fingerprint density at radius 1 is 1.21 bits per heavy atom. The molecule has 7 heteroatoms. The van der Waals surface area contributed by atoms with E-state index >= 15 is 0 Å². The Bertz CT molecular complexity index is 544. The first-order valence-corrected chi connectivity index (χ1v) is 7.92. The maximum Gasteiger partial charge on any atom is 0.307 e. The van der Waals surface area contributed by atoms with Gasteiger partial charge in [-0.15, -0.1) is 0 Å². The van der Waals surface area contributed by atoms with Crippen LogP contribution in [0.3, 0.4) is 0 Å². The predicted molar refractivity (Wildman–Crippen MR) is 91.6 cm³/mol. The van der Waals surface area contributed by atoms with Gasteiger partial charge in [0.2, 0.25) is 5.91 Å². The lowest BCUT2D eigenvalue weighted by molar-refractivity contribution is -0.141. The molecule has 6 nitrogen and oxygen atoms in total. The quantitative estimate of drug-likeness (QED) is 0.393. The summed E-state index contributed by atoms with van der Waals surface area (Å²) in [5.74, 6) is -0.618. The summed E-state index contributed by atoms with van der Waals surface area (Å²) in [6, 6.07) is 7.08. The van der Waals surface area contributed by atoms with E-state index < -0.39 is 0 Å². The fourth-order valence-corrected chi connectivity index (χ4v) is 1.97. The van der Waals surface area contributed by atoms with Crippen LogP contribution in [-0.2, 0) is 19.1 Å². The van der Waals surface area contributed by atoms with Crippen molar-refractivity contribution >= 4 is 29.6 Å². The van der Waals surface area contributed by atoms with Crippen LogP contribution in [0.5, 0.6) is 0 Å². The van der Waals surface area contributed by atoms with Crippen molar-refractivity contribution in [3.05, 3.63) is 40.9 Å². The van der Waals surface area contributed by atoms with Crippen LogP contribution >= 0.6 is 11.6 Å². The zero-order valence-electron chi connectivity index (χ0n) is 13.6. The number of aliphatic hydroxyl groups is 1. The minimum Gasteiger partial charge on any atom is -0.469 e. The lowest BCUT2D eigenvalue weighted by atomic mass is 10.2. The Hall–Kier alpha value is -1.89. The van der Waals surface area contributed by atoms with Gasteiger partial charge in [0.1, 0.15) is 0 Å². The molecular weight excluding hydrogens is 334 g/mol. The third-order valence-corrected chi connectivity index (χ3v) is 3.41. The highest BCUT2D eigenvalue weighted by Gasteiger charge is 2.13. The number of halogens is 1. The molecule has 0 unspecified atom stereocenters. The van der Waals surface area contributed by atoms with Gasteiger partial charge in [0.25, 0.3) is 0 Å². The van der Waals surface area contributed by atoms with Crippen molar-refractivity contribution in [2.75, 3.05) is 40.0 Å². The van der Waals surface area contributed by atoms with Crippen LogP contribution in [0.25, 0.3) is 6.08 Å². The molecular formula is C17H22ClNO5. The lowest BCUT2D eigenvalue weighted by Crippen LogP contribution is -2.35. The third kappa shape index (κ3) is 8.10. The Balaban J connectivity index is 2.62. The molecule has 1 aromatic rings. The van der Waals surface area contributed by atoms with Gasteiger partial charge in [-0.1, -0.05) is 23.7 Å². The maximum atomic E-state index is 12.3. The fraction of sp³-hybridized carbons (Fsp3) is 0.412. The summed E-state index contributed by atoms with van der Waals surface area (Å²) in [6.45, 7) is 0.966. The first kappa shape index (κ1) is 20.2. The Kier molecular flexibility index (Phi) is 9.76. The van der Waals surface area contributed by atoms with Crippen LogP contribution < -0.4 is 0 Å². The van der Waals surface area contributed by atoms with Crippen molar-refractivity contribution in [1.82, 2.24) is 4.90 Å². The van der Waals surface area contributed by atoms with Gasteiger partial charge in [-0.2, -0.15) is 0 Å². The third-order valence-electron chi connectivity index (χ3n) is 3.15. The van der Waals surface area contributed by atoms with Gasteiger partial charge in [-0.25, -0.2) is 0 Å². The highest BCUT2D eigenvalue weighted by Crippen LogP contribution is 2.11. The van der Waals surface area contributed by atoms with E-state index in [1.165, 1.54) is 18.1 Å². The van der Waals surface area contributed by atoms with Gasteiger partial charge in [0.15, 0.2) is 0 Å². The molecule has 0 heterocycles. The minimum absolute atomic E-state index is 0.0768. The number of esters is 1. The number of ether oxygens (including phenoxy) is 2. The van der Waals surface area contributed by atoms with Gasteiger partial charge >= 0.3 is 5.97 Å². The van der Waals surface area contributed by atoms with Gasteiger partial charge in [0, 0.05) is 24.2 Å². The smallest absolute Gasteiger partial charge is 0.307 e. The van der Waals surface area contributed by atoms with Crippen LogP contribution in [0.15, 0.2) is 30.3 Å². The minimum atomic E-state index is -0.384. The first-order valence-electron chi connectivity index (χ1n) is 7.54. The Labute approximate surface area is 146 Å². The molecule has 1 amide bonds. The fourth-order valence-electron chi connectivity index (χ4n) is 1.85. The van der Waals surface area contributed by atoms with Crippen molar-refractivity contribution in [2.45, 2.75) is 6.42 Å². The summed E-state index contributed by atoms with van der Waals surface area (Å²) in [4.78, 5) is 25.1. The van der Waals surface area contributed by atoms with Crippen molar-refractivity contribution in [3.8, 4) is 0 Å². The van der Waals surface area contributed by atoms with Crippen LogP contribution in [0, 0.1) is 0 Å². The van der Waals surface area contributed by atoms with Gasteiger partial charge in [-0.3, -0.25) is 9.59 Å². The van der Waals surface area contributed by atoms with E-state index in [1.54, 1.807) is 30.3 Å². The van der Waals surface area contributed by atoms with Gasteiger partial charge < -0.3 is 19.5 Å². The second kappa shape index (κ2) is 11.6. The van der Waals surface area contributed by atoms with E-state index in [1.807, 2.05) is 0 Å². The van der Waals surface area contributed by atoms with E-state index in [2.05, 4.69) is 4.74 Å². The average molecular weight is 356 g/mol. The summed E-state index contributed by atoms with van der Waals surface area (Å²) in [5.41, 5.74) is 0.845. The number of hydrogen-bond donors (Lipinski definition) is 1. The zero-order valence-corrected chi connectivity index (χ0v) is 14.4. The van der Waals surface area contributed by atoms with Crippen LogP contribution in [0.4, 0.5) is 0 Å². The standard InChI is InChI=1S/C17H22ClNO5/c1-23-17(22)8-9-19(10-12-24-13-11-20)16(21)7-4-14-2-5-15(18)6-3-14/h2-7,20H,8-13H2,1H3/b7-4+. The highest BCUT2D eigenvalue weighted by molar-refractivity contribution is 6.30. The van der Waals surface area contributed by atoms with E-state index in [9.17, 15) is 9.59 Å². The van der Waals surface area contributed by atoms with E-state index in [0.717, 1.165) is 5.56 Å². The predicted octanol–water partition coefficient (Wildman–Crippen LogP) is 1.75. The molecule has 0 radical (unpaired) electrons. The molecule has 0 aliphatic carbocycles. The molecule has 1 N–H and O–H groups in total. The van der Waals surface area contributed by atoms with Crippen molar-refractivity contribution in [1.29, 1.82) is 0 Å². The maximum absolute atomic E-state index is 12.3. The van der Waals surface area contributed by atoms with Crippen molar-refractivity contribution < 1.29 is 24.2 Å². The highest BCUT2D eigenvalue weighted by atomic mass is 35.5. The Morgan fingerprint density at radius 2 is 1.92 bits per heavy atom. The van der Waals surface area contributed by atoms with Crippen molar-refractivity contribution in [2.24, 2.45) is 0 Å². The first-order chi connectivity index (χ1) is 11.6. The summed E-state index contributed by atoms with van der Waals surface area (Å²) >= 11 is 5.82. The number of amides is 1. The summed E-state index contributed by atoms with van der Waals surface area (Å²) in [6.07, 6.45) is 3.22. The van der Waals surface area contributed by atoms with Crippen LogP contribution in [-0.4, -0.2) is 61.9 Å². The molecule has 0 aliphatic heterocycles. The number of aliphatic hydroxyl groups excluding tert-OH is 1. The second-order valence-electron chi connectivity index (χ2n) is 4.87. The van der Waals surface area contributed by atoms with Gasteiger partial charge in [0.05, 0.1) is 33.4 Å². The number of hydrogen-bond acceptors (Lipinski definition) is 5. The normalized spacial score (nSPS) is 10.8. The Morgan fingerprint density at radius 3 is 2.54 bits per heavy atom. The topological polar surface area (TPSA) is 76.1 Å². The van der Waals surface area contributed by atoms with E-state index in [-0.39, 0.29) is 44.7 Å². The summed E-state index contributed by atoms with van der Waals surface area (Å²) < 4.78 is 9.77. The van der Waals surface area contributed by atoms with E-state index in [4.69, 9.17) is 21.4 Å². The van der Waals surface area contributed by atoms with Crippen LogP contribution in [0.2, 0.25) is 5.02 Å². The molecule has 0 atom stereocenters. The molecule has 0 fully saturated rings. The molecule has 24 heavy (non-hydrogen) atoms. The molecule has 0 spiro atoms. The molecule has 0 aromatic heterocycles. The average Bonchev–Trinajstić information content (AvgIpc) is 2.60. The molecule has 0 bridgehead atoms. The second-order valence-corrected chi connectivity index (χ2v) is 5.31. The molecule has 0 saturated carbocycles. The largest absolute Gasteiger partial charge is 0.469 e. The molecule has 0 aliphatic rings. The number of rotatable bonds is 10. The molecule has 1 aromatic carbocycles. The van der Waals surface area contributed by atoms with Crippen molar-refractivity contribution in [3.63, 3.8) is 0 Å². The monoisotopic (exact) mass is 355 g/mol. The van der Waals surface area contributed by atoms with E-state index in [0.29, 0.717) is 11.6 Å². The molecule has 0 saturated heterocycles. The SMILES string of the molecule is COC(=O)CCN(CCOCCO)C(=O)/C=C/c1ccc(Cl)cc1. The number of methoxy groups -OCH3 is 1. The molecule has 132 valence electrons. The number of carbonyl (C=O) groups is 2. The van der Waals surface area contributed by atoms with Gasteiger partial charge in [-0.05, 0) is 23.8 Å². The molecule has 1 rings (SSSR count). The summed E-state index contributed by atoms with van der Waals surface area (Å²) in [5, 5.41) is 9.32. The zero-order chi connectivity index (χ0) is 17.8. The summed E-state index contributed by atoms with van der Waals surface area (Å²) in [7, 11) is 1.30. The number of nitrogens with zero attached hydrogens (tertiary/aromatic N) is 1.